The van der Waals surface area contributed by atoms with Gasteiger partial charge in [0.2, 0.25) is 0 Å². The van der Waals surface area contributed by atoms with Crippen molar-refractivity contribution in [1.82, 2.24) is 20.2 Å². The highest BCUT2D eigenvalue weighted by Crippen LogP contribution is 2.34. The summed E-state index contributed by atoms with van der Waals surface area (Å²) in [5.74, 6) is 0.511. The molecule has 0 fully saturated rings. The second kappa shape index (κ2) is 14.2. The van der Waals surface area contributed by atoms with Crippen molar-refractivity contribution in [3.63, 3.8) is 0 Å². The van der Waals surface area contributed by atoms with E-state index < -0.39 is 0 Å². The maximum absolute atomic E-state index is 12.9. The molecule has 0 radical (unpaired) electrons. The number of anilines is 1. The number of fused-ring (bicyclic) bond motifs is 1. The van der Waals surface area contributed by atoms with Gasteiger partial charge in [-0.2, -0.15) is 0 Å². The number of aryl methyl sites for hydroxylation is 3. The number of amidine groups is 1. The molecule has 2 aliphatic carbocycles. The summed E-state index contributed by atoms with van der Waals surface area (Å²) in [5, 5.41) is 11.9. The summed E-state index contributed by atoms with van der Waals surface area (Å²) in [6, 6.07) is 16.4. The van der Waals surface area contributed by atoms with Crippen LogP contribution in [0.25, 0.3) is 0 Å². The van der Waals surface area contributed by atoms with Crippen LogP contribution in [0.5, 0.6) is 0 Å². The van der Waals surface area contributed by atoms with E-state index in [0.717, 1.165) is 61.3 Å². The third-order valence-corrected chi connectivity index (χ3v) is 8.50. The Morgan fingerprint density at radius 1 is 1.07 bits per heavy atom. The van der Waals surface area contributed by atoms with E-state index in [9.17, 15) is 4.79 Å². The van der Waals surface area contributed by atoms with Crippen LogP contribution < -0.4 is 10.2 Å². The fraction of sp³-hybridized carbons (Fsp3) is 0.333. The molecule has 7 heteroatoms. The van der Waals surface area contributed by atoms with Crippen LogP contribution in [0, 0.1) is 19.3 Å². The van der Waals surface area contributed by atoms with Gasteiger partial charge in [-0.1, -0.05) is 48.6 Å². The number of hydrogen-bond donors (Lipinski definition) is 2. The van der Waals surface area contributed by atoms with Crippen LogP contribution in [0.15, 0.2) is 96.4 Å². The van der Waals surface area contributed by atoms with Crippen molar-refractivity contribution in [3.05, 3.63) is 124 Å². The minimum absolute atomic E-state index is 0.0843. The molecule has 0 saturated heterocycles. The van der Waals surface area contributed by atoms with Crippen LogP contribution in [0.1, 0.15) is 64.6 Å². The summed E-state index contributed by atoms with van der Waals surface area (Å²) in [6.45, 7) is 5.85. The van der Waals surface area contributed by atoms with Gasteiger partial charge in [-0.05, 0) is 86.1 Å². The molecular formula is C36H42N6O. The number of nitrogens with one attached hydrogen (secondary N) is 2. The fourth-order valence-electron chi connectivity index (χ4n) is 6.02. The molecule has 1 aromatic carbocycles. The lowest BCUT2D eigenvalue weighted by atomic mass is 9.90. The van der Waals surface area contributed by atoms with Gasteiger partial charge >= 0.3 is 0 Å². The van der Waals surface area contributed by atoms with Crippen molar-refractivity contribution in [1.29, 1.82) is 5.41 Å². The lowest BCUT2D eigenvalue weighted by Gasteiger charge is -2.36. The monoisotopic (exact) mass is 574 g/mol. The predicted molar refractivity (Wildman–Crippen MR) is 175 cm³/mol. The molecule has 5 rings (SSSR count). The number of nitrogens with zero attached hydrogens (tertiary/aromatic N) is 4. The highest BCUT2D eigenvalue weighted by Gasteiger charge is 2.28. The van der Waals surface area contributed by atoms with Crippen LogP contribution >= 0.6 is 0 Å². The van der Waals surface area contributed by atoms with E-state index >= 15 is 0 Å². The number of benzene rings is 1. The smallest absolute Gasteiger partial charge is 0.253 e. The average Bonchev–Trinajstić information content (AvgIpc) is 3.26. The summed E-state index contributed by atoms with van der Waals surface area (Å²) >= 11 is 0. The molecule has 0 bridgehead atoms. The third-order valence-electron chi connectivity index (χ3n) is 8.50. The molecule has 43 heavy (non-hydrogen) atoms. The predicted octanol–water partition coefficient (Wildman–Crippen LogP) is 6.52. The maximum Gasteiger partial charge on any atom is 0.253 e. The van der Waals surface area contributed by atoms with Gasteiger partial charge in [0.15, 0.2) is 0 Å². The average molecular weight is 575 g/mol. The van der Waals surface area contributed by atoms with E-state index in [2.05, 4.69) is 45.6 Å². The standard InChI is InChI=1S/C36H42N6O/c1-26-19-22-38-27(2)34(26)36(43)40-24-28-10-7-11-29(18-17-28)25-42(32-16-8-12-30-13-9-21-39-35(30)32)23-20-33(37)41(3)31-14-5-4-6-15-31/h4-7,9-11,13-15,18-19,21-22,32,37H,8,12,16-17,20,23-25H2,1-3H3,(H,40,43). The Kier molecular flexibility index (Phi) is 9.95. The Balaban J connectivity index is 1.27. The highest BCUT2D eigenvalue weighted by atomic mass is 16.1. The summed E-state index contributed by atoms with van der Waals surface area (Å²) in [6.07, 6.45) is 17.0. The molecule has 0 spiro atoms. The van der Waals surface area contributed by atoms with Crippen molar-refractivity contribution in [2.45, 2.75) is 52.0 Å². The minimum atomic E-state index is -0.0843. The molecule has 2 aromatic heterocycles. The number of amides is 1. The summed E-state index contributed by atoms with van der Waals surface area (Å²) < 4.78 is 0. The van der Waals surface area contributed by atoms with Crippen molar-refractivity contribution >= 4 is 17.4 Å². The largest absolute Gasteiger partial charge is 0.348 e. The van der Waals surface area contributed by atoms with Gasteiger partial charge in [-0.25, -0.2) is 0 Å². The summed E-state index contributed by atoms with van der Waals surface area (Å²) in [5.41, 5.74) is 8.27. The van der Waals surface area contributed by atoms with Gasteiger partial charge in [0, 0.05) is 51.2 Å². The fourth-order valence-corrected chi connectivity index (χ4v) is 6.02. The van der Waals surface area contributed by atoms with Gasteiger partial charge in [0.05, 0.1) is 23.0 Å². The van der Waals surface area contributed by atoms with Gasteiger partial charge < -0.3 is 10.2 Å². The third kappa shape index (κ3) is 7.54. The van der Waals surface area contributed by atoms with Gasteiger partial charge in [-0.15, -0.1) is 0 Å². The number of para-hydroxylation sites is 1. The number of carbonyl (C=O) groups is 1. The SMILES string of the molecule is Cc1ccnc(C)c1C(=O)NCC1=CC=CC(CN(CCC(=N)N(C)c2ccccc2)C2CCCc3cccnc32)=CC1. The Labute approximate surface area is 255 Å². The normalized spacial score (nSPS) is 16.1. The highest BCUT2D eigenvalue weighted by molar-refractivity contribution is 5.96. The first kappa shape index (κ1) is 30.1. The second-order valence-corrected chi connectivity index (χ2v) is 11.5. The summed E-state index contributed by atoms with van der Waals surface area (Å²) in [4.78, 5) is 26.5. The van der Waals surface area contributed by atoms with Gasteiger partial charge in [-0.3, -0.25) is 25.1 Å². The van der Waals surface area contributed by atoms with Crippen LogP contribution in [0.2, 0.25) is 0 Å². The maximum atomic E-state index is 12.9. The molecule has 0 aliphatic heterocycles. The number of rotatable bonds is 10. The molecule has 2 N–H and O–H groups in total. The van der Waals surface area contributed by atoms with Crippen molar-refractivity contribution < 1.29 is 4.79 Å². The molecule has 1 amide bonds. The van der Waals surface area contributed by atoms with E-state index in [1.54, 1.807) is 6.20 Å². The first-order chi connectivity index (χ1) is 20.9. The molecule has 3 aromatic rings. The summed E-state index contributed by atoms with van der Waals surface area (Å²) in [7, 11) is 1.97. The van der Waals surface area contributed by atoms with Crippen molar-refractivity contribution in [2.24, 2.45) is 0 Å². The first-order valence-corrected chi connectivity index (χ1v) is 15.2. The molecule has 7 nitrogen and oxygen atoms in total. The molecule has 222 valence electrons. The Morgan fingerprint density at radius 3 is 2.72 bits per heavy atom. The lowest BCUT2D eigenvalue weighted by molar-refractivity contribution is 0.0955. The van der Waals surface area contributed by atoms with Crippen molar-refractivity contribution in [3.8, 4) is 0 Å². The van der Waals surface area contributed by atoms with E-state index in [-0.39, 0.29) is 11.9 Å². The number of aromatic nitrogens is 2. The Bertz CT molecular complexity index is 1520. The quantitative estimate of drug-likeness (QED) is 0.213. The van der Waals surface area contributed by atoms with E-state index in [1.165, 1.54) is 16.8 Å². The van der Waals surface area contributed by atoms with Crippen molar-refractivity contribution in [2.75, 3.05) is 31.6 Å². The number of carbonyl (C=O) groups excluding carboxylic acids is 1. The lowest BCUT2D eigenvalue weighted by Crippen LogP contribution is -2.37. The molecule has 1 unspecified atom stereocenters. The van der Waals surface area contributed by atoms with Gasteiger partial charge in [0.25, 0.3) is 5.91 Å². The zero-order chi connectivity index (χ0) is 30.2. The van der Waals surface area contributed by atoms with Crippen LogP contribution in [0.4, 0.5) is 5.69 Å². The topological polar surface area (TPSA) is 85.2 Å². The zero-order valence-corrected chi connectivity index (χ0v) is 25.5. The van der Waals surface area contributed by atoms with Gasteiger partial charge in [0.1, 0.15) is 5.84 Å². The Morgan fingerprint density at radius 2 is 1.91 bits per heavy atom. The number of pyridine rings is 2. The number of hydrogen-bond acceptors (Lipinski definition) is 5. The number of allylic oxidation sites excluding steroid dienone is 3. The first-order valence-electron chi connectivity index (χ1n) is 15.2. The van der Waals surface area contributed by atoms with Crippen LogP contribution in [0.3, 0.4) is 0 Å². The van der Waals surface area contributed by atoms with Crippen LogP contribution in [-0.4, -0.2) is 53.3 Å². The van der Waals surface area contributed by atoms with E-state index in [4.69, 9.17) is 10.4 Å². The molecular weight excluding hydrogens is 532 g/mol. The molecule has 2 heterocycles. The molecule has 1 atom stereocenters. The Hall–Kier alpha value is -4.36. The zero-order valence-electron chi connectivity index (χ0n) is 25.5. The minimum Gasteiger partial charge on any atom is -0.348 e. The van der Waals surface area contributed by atoms with E-state index in [1.807, 2.05) is 74.5 Å². The van der Waals surface area contributed by atoms with E-state index in [0.29, 0.717) is 24.4 Å². The molecule has 2 aliphatic rings. The molecule has 0 saturated carbocycles. The second-order valence-electron chi connectivity index (χ2n) is 11.5. The van der Waals surface area contributed by atoms with Crippen LogP contribution in [-0.2, 0) is 6.42 Å².